The molecular weight excluding hydrogens is 282 g/mol. The van der Waals surface area contributed by atoms with Gasteiger partial charge in [0.05, 0.1) is 5.41 Å². The van der Waals surface area contributed by atoms with Crippen molar-refractivity contribution in [3.63, 3.8) is 0 Å². The topological polar surface area (TPSA) is 78.4 Å². The van der Waals surface area contributed by atoms with Gasteiger partial charge in [-0.25, -0.2) is 13.6 Å². The van der Waals surface area contributed by atoms with E-state index in [4.69, 9.17) is 0 Å². The fourth-order valence-corrected chi connectivity index (χ4v) is 2.58. The van der Waals surface area contributed by atoms with Crippen LogP contribution in [0.5, 0.6) is 0 Å². The van der Waals surface area contributed by atoms with Crippen LogP contribution in [0, 0.1) is 17.0 Å². The molecule has 3 N–H and O–H groups in total. The molecule has 0 saturated heterocycles. The first-order valence-corrected chi connectivity index (χ1v) is 6.59. The average Bonchev–Trinajstić information content (AvgIpc) is 2.77. The predicted molar refractivity (Wildman–Crippen MR) is 71.9 cm³/mol. The van der Waals surface area contributed by atoms with Gasteiger partial charge in [0.25, 0.3) is 0 Å². The number of rotatable bonds is 3. The standard InChI is InChI=1S/C14H16F2N2O3/c1-14(12(19)20)7-3-6-10(14)17-13(21)18-11-8(15)4-2-5-9(11)16/h2,4-5,10H,3,6-7H2,1H3,(H,19,20)(H2,17,18,21). The number of urea groups is 1. The molecule has 1 aliphatic carbocycles. The van der Waals surface area contributed by atoms with E-state index < -0.39 is 40.8 Å². The molecule has 2 unspecified atom stereocenters. The molecule has 0 aliphatic heterocycles. The van der Waals surface area contributed by atoms with E-state index in [0.717, 1.165) is 12.1 Å². The third-order valence-corrected chi connectivity index (χ3v) is 3.95. The highest BCUT2D eigenvalue weighted by Crippen LogP contribution is 2.38. The van der Waals surface area contributed by atoms with Gasteiger partial charge in [0, 0.05) is 6.04 Å². The zero-order chi connectivity index (χ0) is 15.6. The molecule has 1 aromatic carbocycles. The summed E-state index contributed by atoms with van der Waals surface area (Å²) in [7, 11) is 0. The van der Waals surface area contributed by atoms with Gasteiger partial charge in [0.1, 0.15) is 17.3 Å². The number of nitrogens with one attached hydrogen (secondary N) is 2. The Bertz CT molecular complexity index is 559. The van der Waals surface area contributed by atoms with Gasteiger partial charge in [-0.3, -0.25) is 4.79 Å². The van der Waals surface area contributed by atoms with Crippen LogP contribution in [0.3, 0.4) is 0 Å². The molecule has 5 nitrogen and oxygen atoms in total. The minimum atomic E-state index is -1.06. The zero-order valence-electron chi connectivity index (χ0n) is 11.5. The van der Waals surface area contributed by atoms with E-state index in [1.165, 1.54) is 6.07 Å². The first kappa shape index (κ1) is 15.2. The van der Waals surface area contributed by atoms with Crippen molar-refractivity contribution in [1.82, 2.24) is 5.32 Å². The van der Waals surface area contributed by atoms with E-state index in [-0.39, 0.29) is 0 Å². The van der Waals surface area contributed by atoms with Crippen molar-refractivity contribution in [3.8, 4) is 0 Å². The molecule has 1 aromatic rings. The fraction of sp³-hybridized carbons (Fsp3) is 0.429. The van der Waals surface area contributed by atoms with Crippen LogP contribution in [0.15, 0.2) is 18.2 Å². The number of halogens is 2. The molecule has 0 aromatic heterocycles. The molecule has 0 bridgehead atoms. The van der Waals surface area contributed by atoms with Crippen LogP contribution in [0.1, 0.15) is 26.2 Å². The van der Waals surface area contributed by atoms with Gasteiger partial charge < -0.3 is 15.7 Å². The van der Waals surface area contributed by atoms with Crippen molar-refractivity contribution in [1.29, 1.82) is 0 Å². The smallest absolute Gasteiger partial charge is 0.319 e. The van der Waals surface area contributed by atoms with E-state index in [1.54, 1.807) is 6.92 Å². The molecule has 1 aliphatic rings. The lowest BCUT2D eigenvalue weighted by atomic mass is 9.85. The largest absolute Gasteiger partial charge is 0.481 e. The van der Waals surface area contributed by atoms with E-state index >= 15 is 0 Å². The van der Waals surface area contributed by atoms with Crippen molar-refractivity contribution in [2.75, 3.05) is 5.32 Å². The number of hydrogen-bond donors (Lipinski definition) is 3. The summed E-state index contributed by atoms with van der Waals surface area (Å²) in [6.45, 7) is 1.55. The van der Waals surface area contributed by atoms with Gasteiger partial charge in [-0.1, -0.05) is 12.5 Å². The quantitative estimate of drug-likeness (QED) is 0.803. The molecule has 0 spiro atoms. The van der Waals surface area contributed by atoms with E-state index in [2.05, 4.69) is 10.6 Å². The molecule has 114 valence electrons. The third kappa shape index (κ3) is 2.96. The van der Waals surface area contributed by atoms with Crippen molar-refractivity contribution < 1.29 is 23.5 Å². The third-order valence-electron chi connectivity index (χ3n) is 3.95. The summed E-state index contributed by atoms with van der Waals surface area (Å²) in [6.07, 6.45) is 1.62. The van der Waals surface area contributed by atoms with Gasteiger partial charge >= 0.3 is 12.0 Å². The molecule has 2 atom stereocenters. The van der Waals surface area contributed by atoms with Gasteiger partial charge in [-0.2, -0.15) is 0 Å². The molecule has 21 heavy (non-hydrogen) atoms. The Kier molecular flexibility index (Phi) is 4.11. The summed E-state index contributed by atoms with van der Waals surface area (Å²) in [5, 5.41) is 13.8. The highest BCUT2D eigenvalue weighted by molar-refractivity contribution is 5.90. The average molecular weight is 298 g/mol. The van der Waals surface area contributed by atoms with E-state index in [0.29, 0.717) is 19.3 Å². The number of anilines is 1. The monoisotopic (exact) mass is 298 g/mol. The predicted octanol–water partition coefficient (Wildman–Crippen LogP) is 2.73. The Labute approximate surface area is 120 Å². The maximum atomic E-state index is 13.4. The van der Waals surface area contributed by atoms with E-state index in [1.807, 2.05) is 0 Å². The molecule has 1 fully saturated rings. The van der Waals surface area contributed by atoms with Crippen molar-refractivity contribution in [2.24, 2.45) is 5.41 Å². The lowest BCUT2D eigenvalue weighted by molar-refractivity contribution is -0.148. The molecule has 1 saturated carbocycles. The van der Waals surface area contributed by atoms with Crippen LogP contribution in [-0.4, -0.2) is 23.1 Å². The Morgan fingerprint density at radius 2 is 1.95 bits per heavy atom. The number of carboxylic acid groups (broad SMARTS) is 1. The second-order valence-corrected chi connectivity index (χ2v) is 5.36. The second-order valence-electron chi connectivity index (χ2n) is 5.36. The maximum absolute atomic E-state index is 13.4. The Hall–Kier alpha value is -2.18. The highest BCUT2D eigenvalue weighted by Gasteiger charge is 2.46. The maximum Gasteiger partial charge on any atom is 0.319 e. The number of aliphatic carboxylic acids is 1. The number of hydrogen-bond acceptors (Lipinski definition) is 2. The highest BCUT2D eigenvalue weighted by atomic mass is 19.1. The Morgan fingerprint density at radius 1 is 1.33 bits per heavy atom. The molecule has 2 amide bonds. The minimum Gasteiger partial charge on any atom is -0.481 e. The van der Waals surface area contributed by atoms with Crippen molar-refractivity contribution >= 4 is 17.7 Å². The summed E-state index contributed by atoms with van der Waals surface area (Å²) < 4.78 is 26.9. The summed E-state index contributed by atoms with van der Waals surface area (Å²) in [4.78, 5) is 23.1. The van der Waals surface area contributed by atoms with Crippen LogP contribution >= 0.6 is 0 Å². The van der Waals surface area contributed by atoms with Gasteiger partial charge in [0.2, 0.25) is 0 Å². The Balaban J connectivity index is 2.07. The van der Waals surface area contributed by atoms with Crippen molar-refractivity contribution in [2.45, 2.75) is 32.2 Å². The van der Waals surface area contributed by atoms with Crippen molar-refractivity contribution in [3.05, 3.63) is 29.8 Å². The number of para-hydroxylation sites is 1. The van der Waals surface area contributed by atoms with Gasteiger partial charge in [0.15, 0.2) is 0 Å². The normalized spacial score (nSPS) is 24.6. The summed E-state index contributed by atoms with van der Waals surface area (Å²) in [5.41, 5.74) is -1.62. The van der Waals surface area contributed by atoms with Crippen LogP contribution in [0.4, 0.5) is 19.3 Å². The SMILES string of the molecule is CC1(C(=O)O)CCCC1NC(=O)Nc1c(F)cccc1F. The number of benzene rings is 1. The van der Waals surface area contributed by atoms with Crippen LogP contribution in [0.2, 0.25) is 0 Å². The first-order chi connectivity index (χ1) is 9.84. The molecular formula is C14H16F2N2O3. The van der Waals surface area contributed by atoms with Crippen LogP contribution in [0.25, 0.3) is 0 Å². The minimum absolute atomic E-state index is 0.446. The molecule has 0 heterocycles. The molecule has 2 rings (SSSR count). The van der Waals surface area contributed by atoms with Crippen LogP contribution < -0.4 is 10.6 Å². The zero-order valence-corrected chi connectivity index (χ0v) is 11.5. The van der Waals surface area contributed by atoms with E-state index in [9.17, 15) is 23.5 Å². The molecule has 7 heteroatoms. The lowest BCUT2D eigenvalue weighted by Gasteiger charge is -2.27. The van der Waals surface area contributed by atoms with Crippen LogP contribution in [-0.2, 0) is 4.79 Å². The number of carbonyl (C=O) groups is 2. The Morgan fingerprint density at radius 3 is 2.52 bits per heavy atom. The summed E-state index contributed by atoms with van der Waals surface area (Å²) in [6, 6.07) is 1.83. The van der Waals surface area contributed by atoms with Gasteiger partial charge in [-0.05, 0) is 31.9 Å². The summed E-state index contributed by atoms with van der Waals surface area (Å²) in [5.74, 6) is -2.78. The lowest BCUT2D eigenvalue weighted by Crippen LogP contribution is -2.48. The number of carboxylic acids is 1. The van der Waals surface area contributed by atoms with Gasteiger partial charge in [-0.15, -0.1) is 0 Å². The second kappa shape index (κ2) is 5.67. The fourth-order valence-electron chi connectivity index (χ4n) is 2.58. The molecule has 0 radical (unpaired) electrons. The number of carbonyl (C=O) groups excluding carboxylic acids is 1. The first-order valence-electron chi connectivity index (χ1n) is 6.59. The summed E-state index contributed by atoms with van der Waals surface area (Å²) >= 11 is 0. The number of amides is 2.